The number of methoxy groups -OCH3 is 1. The van der Waals surface area contributed by atoms with E-state index in [9.17, 15) is 0 Å². The molecule has 0 bridgehead atoms. The molecule has 0 atom stereocenters. The number of ether oxygens (including phenoxy) is 2. The first-order chi connectivity index (χ1) is 8.28. The Morgan fingerprint density at radius 1 is 1.41 bits per heavy atom. The SMILES string of the molecule is COCCOc1ccc(NC2CC(N)C2)cn1. The van der Waals surface area contributed by atoms with Crippen LogP contribution in [0.5, 0.6) is 5.88 Å². The van der Waals surface area contributed by atoms with Gasteiger partial charge in [0.2, 0.25) is 5.88 Å². The van der Waals surface area contributed by atoms with Crippen LogP contribution in [0, 0.1) is 0 Å². The van der Waals surface area contributed by atoms with E-state index in [2.05, 4.69) is 10.3 Å². The molecule has 0 saturated heterocycles. The summed E-state index contributed by atoms with van der Waals surface area (Å²) in [5, 5.41) is 3.38. The van der Waals surface area contributed by atoms with Gasteiger partial charge in [-0.3, -0.25) is 0 Å². The molecule has 1 aromatic rings. The molecule has 0 amide bonds. The van der Waals surface area contributed by atoms with E-state index >= 15 is 0 Å². The molecule has 1 fully saturated rings. The van der Waals surface area contributed by atoms with Crippen molar-refractivity contribution in [3.8, 4) is 5.88 Å². The topological polar surface area (TPSA) is 69.4 Å². The molecular formula is C12H19N3O2. The largest absolute Gasteiger partial charge is 0.475 e. The number of pyridine rings is 1. The first-order valence-corrected chi connectivity index (χ1v) is 5.88. The van der Waals surface area contributed by atoms with E-state index in [1.165, 1.54) is 0 Å². The smallest absolute Gasteiger partial charge is 0.213 e. The van der Waals surface area contributed by atoms with Gasteiger partial charge >= 0.3 is 0 Å². The van der Waals surface area contributed by atoms with Crippen LogP contribution >= 0.6 is 0 Å². The van der Waals surface area contributed by atoms with Crippen molar-refractivity contribution in [2.45, 2.75) is 24.9 Å². The number of hydrogen-bond donors (Lipinski definition) is 2. The van der Waals surface area contributed by atoms with Crippen LogP contribution in [0.15, 0.2) is 18.3 Å². The maximum absolute atomic E-state index is 5.73. The maximum atomic E-state index is 5.73. The molecule has 1 aliphatic rings. The number of hydrogen-bond acceptors (Lipinski definition) is 5. The number of nitrogens with two attached hydrogens (primary N) is 1. The molecule has 1 saturated carbocycles. The summed E-state index contributed by atoms with van der Waals surface area (Å²) >= 11 is 0. The van der Waals surface area contributed by atoms with E-state index in [0.29, 0.717) is 31.2 Å². The highest BCUT2D eigenvalue weighted by atomic mass is 16.5. The minimum atomic E-state index is 0.358. The molecule has 1 heterocycles. The number of nitrogens with zero attached hydrogens (tertiary/aromatic N) is 1. The third-order valence-electron chi connectivity index (χ3n) is 2.82. The van der Waals surface area contributed by atoms with E-state index in [0.717, 1.165) is 18.5 Å². The second-order valence-electron chi connectivity index (χ2n) is 4.30. The second kappa shape index (κ2) is 5.84. The molecule has 0 spiro atoms. The highest BCUT2D eigenvalue weighted by molar-refractivity contribution is 5.43. The molecule has 0 aromatic carbocycles. The number of aromatic nitrogens is 1. The average Bonchev–Trinajstić information content (AvgIpc) is 2.30. The fourth-order valence-electron chi connectivity index (χ4n) is 1.80. The van der Waals surface area contributed by atoms with Crippen molar-refractivity contribution in [2.24, 2.45) is 5.73 Å². The van der Waals surface area contributed by atoms with Crippen molar-refractivity contribution in [3.63, 3.8) is 0 Å². The van der Waals surface area contributed by atoms with Crippen LogP contribution in [0.2, 0.25) is 0 Å². The molecular weight excluding hydrogens is 218 g/mol. The highest BCUT2D eigenvalue weighted by Crippen LogP contribution is 2.22. The number of nitrogens with one attached hydrogen (secondary N) is 1. The molecule has 5 nitrogen and oxygen atoms in total. The van der Waals surface area contributed by atoms with E-state index < -0.39 is 0 Å². The summed E-state index contributed by atoms with van der Waals surface area (Å²) in [5.74, 6) is 0.623. The van der Waals surface area contributed by atoms with Gasteiger partial charge in [-0.15, -0.1) is 0 Å². The monoisotopic (exact) mass is 237 g/mol. The summed E-state index contributed by atoms with van der Waals surface area (Å²) < 4.78 is 10.3. The van der Waals surface area contributed by atoms with Gasteiger partial charge in [-0.25, -0.2) is 4.98 Å². The fourth-order valence-corrected chi connectivity index (χ4v) is 1.80. The van der Waals surface area contributed by atoms with Crippen molar-refractivity contribution in [2.75, 3.05) is 25.6 Å². The van der Waals surface area contributed by atoms with Crippen LogP contribution in [0.25, 0.3) is 0 Å². The summed E-state index contributed by atoms with van der Waals surface area (Å²) in [6, 6.07) is 4.68. The Labute approximate surface area is 101 Å². The molecule has 5 heteroatoms. The van der Waals surface area contributed by atoms with E-state index in [1.54, 1.807) is 13.3 Å². The van der Waals surface area contributed by atoms with Crippen LogP contribution in [-0.4, -0.2) is 37.4 Å². The predicted octanol–water partition coefficient (Wildman–Crippen LogP) is 1.01. The Balaban J connectivity index is 1.77. The maximum Gasteiger partial charge on any atom is 0.213 e. The molecule has 1 aliphatic carbocycles. The Kier molecular flexibility index (Phi) is 4.17. The quantitative estimate of drug-likeness (QED) is 0.723. The molecule has 3 N–H and O–H groups in total. The fraction of sp³-hybridized carbons (Fsp3) is 0.583. The molecule has 0 aliphatic heterocycles. The van der Waals surface area contributed by atoms with Gasteiger partial charge in [-0.1, -0.05) is 0 Å². The molecule has 94 valence electrons. The van der Waals surface area contributed by atoms with Crippen LogP contribution < -0.4 is 15.8 Å². The lowest BCUT2D eigenvalue weighted by molar-refractivity contribution is 0.144. The van der Waals surface area contributed by atoms with Gasteiger partial charge in [0.25, 0.3) is 0 Å². The molecule has 0 unspecified atom stereocenters. The third kappa shape index (κ3) is 3.57. The van der Waals surface area contributed by atoms with Gasteiger partial charge in [-0.05, 0) is 18.9 Å². The van der Waals surface area contributed by atoms with Crippen LogP contribution in [-0.2, 0) is 4.74 Å². The van der Waals surface area contributed by atoms with Gasteiger partial charge in [-0.2, -0.15) is 0 Å². The Morgan fingerprint density at radius 2 is 2.24 bits per heavy atom. The summed E-state index contributed by atoms with van der Waals surface area (Å²) in [7, 11) is 1.65. The predicted molar refractivity (Wildman–Crippen MR) is 66.2 cm³/mol. The van der Waals surface area contributed by atoms with Gasteiger partial charge in [0, 0.05) is 25.3 Å². The van der Waals surface area contributed by atoms with Crippen molar-refractivity contribution < 1.29 is 9.47 Å². The second-order valence-corrected chi connectivity index (χ2v) is 4.30. The normalized spacial score (nSPS) is 22.9. The number of anilines is 1. The Hall–Kier alpha value is -1.33. The summed E-state index contributed by atoms with van der Waals surface area (Å²) in [6.45, 7) is 1.09. The Bertz CT molecular complexity index is 336. The lowest BCUT2D eigenvalue weighted by Gasteiger charge is -2.33. The molecule has 1 aromatic heterocycles. The zero-order valence-electron chi connectivity index (χ0n) is 10.1. The van der Waals surface area contributed by atoms with Gasteiger partial charge in [0.15, 0.2) is 0 Å². The van der Waals surface area contributed by atoms with Gasteiger partial charge in [0.1, 0.15) is 6.61 Å². The molecule has 2 rings (SSSR count). The minimum Gasteiger partial charge on any atom is -0.475 e. The van der Waals surface area contributed by atoms with Crippen LogP contribution in [0.4, 0.5) is 5.69 Å². The zero-order valence-corrected chi connectivity index (χ0v) is 10.1. The third-order valence-corrected chi connectivity index (χ3v) is 2.82. The van der Waals surface area contributed by atoms with Crippen LogP contribution in [0.1, 0.15) is 12.8 Å². The lowest BCUT2D eigenvalue weighted by Crippen LogP contribution is -2.44. The molecule has 17 heavy (non-hydrogen) atoms. The van der Waals surface area contributed by atoms with Gasteiger partial charge < -0.3 is 20.5 Å². The van der Waals surface area contributed by atoms with Crippen molar-refractivity contribution in [3.05, 3.63) is 18.3 Å². The van der Waals surface area contributed by atoms with Crippen molar-refractivity contribution in [1.82, 2.24) is 4.98 Å². The van der Waals surface area contributed by atoms with E-state index in [4.69, 9.17) is 15.2 Å². The van der Waals surface area contributed by atoms with Crippen molar-refractivity contribution in [1.29, 1.82) is 0 Å². The summed E-state index contributed by atoms with van der Waals surface area (Å²) in [5.41, 5.74) is 6.74. The zero-order chi connectivity index (χ0) is 12.1. The summed E-state index contributed by atoms with van der Waals surface area (Å²) in [4.78, 5) is 4.21. The standard InChI is InChI=1S/C12H19N3O2/c1-16-4-5-17-12-3-2-10(8-14-12)15-11-6-9(13)7-11/h2-3,8-9,11,15H,4-7,13H2,1H3. The average molecular weight is 237 g/mol. The highest BCUT2D eigenvalue weighted by Gasteiger charge is 2.25. The Morgan fingerprint density at radius 3 is 2.82 bits per heavy atom. The lowest BCUT2D eigenvalue weighted by atomic mass is 9.87. The minimum absolute atomic E-state index is 0.358. The number of rotatable bonds is 6. The van der Waals surface area contributed by atoms with Crippen molar-refractivity contribution >= 4 is 5.69 Å². The molecule has 0 radical (unpaired) electrons. The first-order valence-electron chi connectivity index (χ1n) is 5.88. The van der Waals surface area contributed by atoms with E-state index in [1.807, 2.05) is 12.1 Å². The van der Waals surface area contributed by atoms with Crippen LogP contribution in [0.3, 0.4) is 0 Å². The van der Waals surface area contributed by atoms with E-state index in [-0.39, 0.29) is 0 Å². The summed E-state index contributed by atoms with van der Waals surface area (Å²) in [6.07, 6.45) is 3.85. The van der Waals surface area contributed by atoms with Gasteiger partial charge in [0.05, 0.1) is 18.5 Å². The first kappa shape index (κ1) is 12.1.